The Kier molecular flexibility index (Phi) is 13.1. The van der Waals surface area contributed by atoms with Crippen molar-refractivity contribution in [2.75, 3.05) is 13.2 Å². The maximum absolute atomic E-state index is 11.2. The first-order chi connectivity index (χ1) is 19.7. The zero-order valence-corrected chi connectivity index (χ0v) is 23.6. The van der Waals surface area contributed by atoms with Crippen LogP contribution < -0.4 is 9.47 Å². The van der Waals surface area contributed by atoms with Gasteiger partial charge in [-0.2, -0.15) is 0 Å². The molecule has 0 spiro atoms. The van der Waals surface area contributed by atoms with Crippen LogP contribution in [-0.2, 0) is 0 Å². The van der Waals surface area contributed by atoms with Crippen molar-refractivity contribution >= 4 is 12.6 Å². The quantitative estimate of drug-likeness (QED) is 0.119. The number of carbonyl (C=O) groups excluding carboxylic acids is 2. The van der Waals surface area contributed by atoms with Crippen molar-refractivity contribution in [1.82, 2.24) is 0 Å². The van der Waals surface area contributed by atoms with Crippen molar-refractivity contribution in [2.45, 2.75) is 65.2 Å². The predicted molar refractivity (Wildman–Crippen MR) is 161 cm³/mol. The summed E-state index contributed by atoms with van der Waals surface area (Å²) in [6.45, 7) is 5.54. The van der Waals surface area contributed by atoms with E-state index in [0.717, 1.165) is 62.2 Å². The summed E-state index contributed by atoms with van der Waals surface area (Å²) in [5, 5.41) is 0. The van der Waals surface area contributed by atoms with Crippen molar-refractivity contribution < 1.29 is 19.1 Å². The summed E-state index contributed by atoms with van der Waals surface area (Å²) in [5.74, 6) is 14.1. The lowest BCUT2D eigenvalue weighted by Crippen LogP contribution is -2.03. The van der Waals surface area contributed by atoms with Crippen molar-refractivity contribution in [3.05, 3.63) is 94.0 Å². The van der Waals surface area contributed by atoms with E-state index in [2.05, 4.69) is 37.5 Å². The monoisotopic (exact) mass is 534 g/mol. The molecule has 0 fully saturated rings. The van der Waals surface area contributed by atoms with E-state index in [1.165, 1.54) is 12.8 Å². The predicted octanol–water partition coefficient (Wildman–Crippen LogP) is 8.03. The molecular formula is C36H38O4. The summed E-state index contributed by atoms with van der Waals surface area (Å²) in [6, 6.07) is 18.3. The van der Waals surface area contributed by atoms with E-state index in [1.54, 1.807) is 24.3 Å². The first kappa shape index (κ1) is 30.3. The van der Waals surface area contributed by atoms with Gasteiger partial charge in [-0.1, -0.05) is 100 Å². The van der Waals surface area contributed by atoms with Gasteiger partial charge >= 0.3 is 0 Å². The third-order valence-corrected chi connectivity index (χ3v) is 6.32. The van der Waals surface area contributed by atoms with Crippen molar-refractivity contribution in [3.63, 3.8) is 0 Å². The van der Waals surface area contributed by atoms with Crippen molar-refractivity contribution in [3.8, 4) is 35.2 Å². The van der Waals surface area contributed by atoms with Crippen LogP contribution >= 0.6 is 0 Å². The van der Waals surface area contributed by atoms with Crippen molar-refractivity contribution in [2.24, 2.45) is 0 Å². The van der Waals surface area contributed by atoms with E-state index in [9.17, 15) is 9.59 Å². The standard InChI is InChI=1S/C36H38O4/c1-3-5-7-9-21-39-35-25-34(20-18-30-14-12-16-32(24-30)28-38)36(40-22-10-8-6-4-2)26-33(35)19-17-29-13-11-15-31(23-29)27-37/h11-16,23-28H,3-10,21-22H2,1-2H3. The van der Waals surface area contributed by atoms with Gasteiger partial charge in [-0.3, -0.25) is 9.59 Å². The van der Waals surface area contributed by atoms with Gasteiger partial charge in [0.25, 0.3) is 0 Å². The van der Waals surface area contributed by atoms with Gasteiger partial charge in [0.1, 0.15) is 24.1 Å². The second-order valence-electron chi connectivity index (χ2n) is 9.65. The fraction of sp³-hybridized carbons (Fsp3) is 0.333. The lowest BCUT2D eigenvalue weighted by molar-refractivity contribution is 0.111. The maximum Gasteiger partial charge on any atom is 0.150 e. The summed E-state index contributed by atoms with van der Waals surface area (Å²) >= 11 is 0. The van der Waals surface area contributed by atoms with Crippen LogP contribution in [0, 0.1) is 23.7 Å². The Balaban J connectivity index is 2.00. The molecular weight excluding hydrogens is 496 g/mol. The Morgan fingerprint density at radius 1 is 0.575 bits per heavy atom. The van der Waals surface area contributed by atoms with E-state index in [0.29, 0.717) is 47.0 Å². The van der Waals surface area contributed by atoms with Crippen LogP contribution in [-0.4, -0.2) is 25.8 Å². The minimum Gasteiger partial charge on any atom is -0.492 e. The number of hydrogen-bond donors (Lipinski definition) is 0. The Morgan fingerprint density at radius 2 is 1.02 bits per heavy atom. The van der Waals surface area contributed by atoms with Gasteiger partial charge in [-0.05, 0) is 37.1 Å². The molecule has 0 aliphatic carbocycles. The van der Waals surface area contributed by atoms with Gasteiger partial charge in [0.2, 0.25) is 0 Å². The van der Waals surface area contributed by atoms with E-state index in [1.807, 2.05) is 36.4 Å². The molecule has 3 aromatic rings. The molecule has 3 aromatic carbocycles. The van der Waals surface area contributed by atoms with Crippen LogP contribution in [0.3, 0.4) is 0 Å². The summed E-state index contributed by atoms with van der Waals surface area (Å²) in [4.78, 5) is 22.4. The fourth-order valence-electron chi connectivity index (χ4n) is 4.07. The average Bonchev–Trinajstić information content (AvgIpc) is 2.99. The molecule has 4 heteroatoms. The summed E-state index contributed by atoms with van der Waals surface area (Å²) in [5.41, 5.74) is 4.09. The molecule has 0 heterocycles. The zero-order chi connectivity index (χ0) is 28.4. The smallest absolute Gasteiger partial charge is 0.150 e. The van der Waals surface area contributed by atoms with Crippen molar-refractivity contribution in [1.29, 1.82) is 0 Å². The SMILES string of the molecule is CCCCCCOc1cc(C#Cc2cccc(C=O)c2)c(OCCCCCC)cc1C#Cc1cccc(C=O)c1. The Bertz CT molecular complexity index is 1270. The largest absolute Gasteiger partial charge is 0.492 e. The molecule has 0 radical (unpaired) electrons. The molecule has 0 unspecified atom stereocenters. The molecule has 0 N–H and O–H groups in total. The molecule has 3 rings (SSSR count). The zero-order valence-electron chi connectivity index (χ0n) is 23.6. The number of aldehydes is 2. The van der Waals surface area contributed by atoms with Gasteiger partial charge in [-0.15, -0.1) is 0 Å². The minimum atomic E-state index is 0.583. The minimum absolute atomic E-state index is 0.583. The highest BCUT2D eigenvalue weighted by Crippen LogP contribution is 2.29. The molecule has 4 nitrogen and oxygen atoms in total. The highest BCUT2D eigenvalue weighted by atomic mass is 16.5. The highest BCUT2D eigenvalue weighted by molar-refractivity contribution is 5.76. The average molecular weight is 535 g/mol. The molecule has 206 valence electrons. The molecule has 0 atom stereocenters. The number of carbonyl (C=O) groups is 2. The van der Waals surface area contributed by atoms with Crippen LogP contribution in [0.5, 0.6) is 11.5 Å². The van der Waals surface area contributed by atoms with Gasteiger partial charge in [0, 0.05) is 34.4 Å². The lowest BCUT2D eigenvalue weighted by atomic mass is 10.1. The number of unbranched alkanes of at least 4 members (excludes halogenated alkanes) is 6. The third kappa shape index (κ3) is 10.1. The van der Waals surface area contributed by atoms with Gasteiger partial charge in [0.15, 0.2) is 0 Å². The fourth-order valence-corrected chi connectivity index (χ4v) is 4.07. The van der Waals surface area contributed by atoms with Crippen LogP contribution in [0.25, 0.3) is 0 Å². The molecule has 40 heavy (non-hydrogen) atoms. The Labute approximate surface area is 239 Å². The number of ether oxygens (including phenoxy) is 2. The van der Waals surface area contributed by atoms with E-state index in [-0.39, 0.29) is 0 Å². The van der Waals surface area contributed by atoms with E-state index < -0.39 is 0 Å². The van der Waals surface area contributed by atoms with Gasteiger partial charge in [-0.25, -0.2) is 0 Å². The maximum atomic E-state index is 11.2. The van der Waals surface area contributed by atoms with Crippen LogP contribution in [0.4, 0.5) is 0 Å². The normalized spacial score (nSPS) is 10.1. The molecule has 0 saturated heterocycles. The molecule has 0 aliphatic rings. The van der Waals surface area contributed by atoms with E-state index in [4.69, 9.17) is 9.47 Å². The molecule has 0 aromatic heterocycles. The molecule has 0 saturated carbocycles. The Morgan fingerprint density at radius 3 is 1.43 bits per heavy atom. The molecule has 0 bridgehead atoms. The first-order valence-electron chi connectivity index (χ1n) is 14.2. The van der Waals surface area contributed by atoms with Crippen LogP contribution in [0.1, 0.15) is 108 Å². The first-order valence-corrected chi connectivity index (χ1v) is 14.2. The summed E-state index contributed by atoms with van der Waals surface area (Å²) in [7, 11) is 0. The van der Waals surface area contributed by atoms with Gasteiger partial charge < -0.3 is 9.47 Å². The second-order valence-corrected chi connectivity index (χ2v) is 9.65. The number of hydrogen-bond acceptors (Lipinski definition) is 4. The number of benzene rings is 3. The Hall–Kier alpha value is -4.28. The highest BCUT2D eigenvalue weighted by Gasteiger charge is 2.11. The van der Waals surface area contributed by atoms with Crippen LogP contribution in [0.15, 0.2) is 60.7 Å². The van der Waals surface area contributed by atoms with Gasteiger partial charge in [0.05, 0.1) is 24.3 Å². The third-order valence-electron chi connectivity index (χ3n) is 6.32. The lowest BCUT2D eigenvalue weighted by Gasteiger charge is -2.14. The van der Waals surface area contributed by atoms with E-state index >= 15 is 0 Å². The molecule has 0 amide bonds. The summed E-state index contributed by atoms with van der Waals surface area (Å²) in [6.07, 6.45) is 10.4. The summed E-state index contributed by atoms with van der Waals surface area (Å²) < 4.78 is 12.5. The molecule has 0 aliphatic heterocycles. The second kappa shape index (κ2) is 17.3. The van der Waals surface area contributed by atoms with Crippen LogP contribution in [0.2, 0.25) is 0 Å². The topological polar surface area (TPSA) is 52.6 Å². The number of rotatable bonds is 14.